The van der Waals surface area contributed by atoms with E-state index in [1.54, 1.807) is 11.8 Å². The van der Waals surface area contributed by atoms with Gasteiger partial charge in [-0.2, -0.15) is 0 Å². The summed E-state index contributed by atoms with van der Waals surface area (Å²) >= 11 is 1.63. The number of carbonyl (C=O) groups is 2. The fourth-order valence-electron chi connectivity index (χ4n) is 4.22. The molecular formula is C22H31NO4S. The molecule has 2 amide bonds. The number of carbonyl (C=O) groups excluding carboxylic acids is 2. The molecule has 0 unspecified atom stereocenters. The Morgan fingerprint density at radius 3 is 2.46 bits per heavy atom. The molecule has 2 fully saturated rings. The number of thioether (sulfide) groups is 1. The average Bonchev–Trinajstić information content (AvgIpc) is 3.02. The zero-order valence-electron chi connectivity index (χ0n) is 17.3. The normalized spacial score (nSPS) is 33.6. The van der Waals surface area contributed by atoms with Gasteiger partial charge in [-0.25, -0.2) is 9.69 Å². The van der Waals surface area contributed by atoms with Crippen molar-refractivity contribution in [1.82, 2.24) is 4.90 Å². The van der Waals surface area contributed by atoms with Gasteiger partial charge in [-0.3, -0.25) is 4.79 Å². The molecule has 0 bridgehead atoms. The summed E-state index contributed by atoms with van der Waals surface area (Å²) in [5.74, 6) is -0.410. The summed E-state index contributed by atoms with van der Waals surface area (Å²) in [7, 11) is 0. The van der Waals surface area contributed by atoms with Gasteiger partial charge in [-0.05, 0) is 35.8 Å². The summed E-state index contributed by atoms with van der Waals surface area (Å²) in [6.07, 6.45) is -0.798. The van der Waals surface area contributed by atoms with E-state index in [0.29, 0.717) is 12.3 Å². The van der Waals surface area contributed by atoms with Crippen LogP contribution in [0.1, 0.15) is 41.0 Å². The smallest absolute Gasteiger partial charge is 0.417 e. The molecule has 154 valence electrons. The lowest BCUT2D eigenvalue weighted by Crippen LogP contribution is -2.55. The maximum absolute atomic E-state index is 13.6. The maximum atomic E-state index is 13.6. The minimum absolute atomic E-state index is 0.109. The van der Waals surface area contributed by atoms with Crippen molar-refractivity contribution in [2.75, 3.05) is 6.61 Å². The van der Waals surface area contributed by atoms with Crippen LogP contribution in [0.3, 0.4) is 0 Å². The standard InChI is InChI=1S/C22H31NO4S/c1-13-11-16(24)18(19(14(13)2)28-15-9-7-6-8-10-15)20(25)23-17(22(3,4)5)12-27-21(23)26/h6-10,13-14,16-19,24H,11-12H2,1-5H3/t13-,14+,16-,17+,18-,19-/m1/s1. The molecule has 1 heterocycles. The molecule has 2 aliphatic rings. The van der Waals surface area contributed by atoms with E-state index in [1.807, 2.05) is 51.1 Å². The summed E-state index contributed by atoms with van der Waals surface area (Å²) in [6.45, 7) is 10.5. The molecule has 0 spiro atoms. The van der Waals surface area contributed by atoms with Gasteiger partial charge in [0, 0.05) is 10.1 Å². The number of cyclic esters (lactones) is 1. The molecule has 1 aliphatic heterocycles. The van der Waals surface area contributed by atoms with Crippen molar-refractivity contribution in [2.24, 2.45) is 23.2 Å². The molecule has 1 saturated heterocycles. The number of nitrogens with zero attached hydrogens (tertiary/aromatic N) is 1. The Balaban J connectivity index is 1.93. The lowest BCUT2D eigenvalue weighted by atomic mass is 9.72. The van der Waals surface area contributed by atoms with Crippen LogP contribution >= 0.6 is 11.8 Å². The van der Waals surface area contributed by atoms with Gasteiger partial charge in [0.1, 0.15) is 6.61 Å². The van der Waals surface area contributed by atoms with E-state index >= 15 is 0 Å². The van der Waals surface area contributed by atoms with E-state index in [0.717, 1.165) is 4.90 Å². The van der Waals surface area contributed by atoms with Crippen LogP contribution in [0, 0.1) is 23.2 Å². The molecule has 28 heavy (non-hydrogen) atoms. The largest absolute Gasteiger partial charge is 0.447 e. The van der Waals surface area contributed by atoms with Gasteiger partial charge in [0.05, 0.1) is 18.1 Å². The molecule has 1 aliphatic carbocycles. The highest BCUT2D eigenvalue weighted by Crippen LogP contribution is 2.45. The maximum Gasteiger partial charge on any atom is 0.417 e. The number of rotatable bonds is 3. The van der Waals surface area contributed by atoms with Crippen molar-refractivity contribution in [3.8, 4) is 0 Å². The van der Waals surface area contributed by atoms with Crippen molar-refractivity contribution < 1.29 is 19.4 Å². The first kappa shape index (κ1) is 21.2. The number of imide groups is 1. The van der Waals surface area contributed by atoms with Crippen LogP contribution in [0.15, 0.2) is 35.2 Å². The third kappa shape index (κ3) is 4.08. The molecule has 0 aromatic heterocycles. The van der Waals surface area contributed by atoms with E-state index < -0.39 is 18.1 Å². The van der Waals surface area contributed by atoms with Gasteiger partial charge in [-0.15, -0.1) is 11.8 Å². The molecule has 1 N–H and O–H groups in total. The van der Waals surface area contributed by atoms with Gasteiger partial charge in [0.25, 0.3) is 0 Å². The van der Waals surface area contributed by atoms with Gasteiger partial charge in [0.2, 0.25) is 5.91 Å². The Morgan fingerprint density at radius 1 is 1.21 bits per heavy atom. The molecule has 6 atom stereocenters. The van der Waals surface area contributed by atoms with Gasteiger partial charge >= 0.3 is 6.09 Å². The summed E-state index contributed by atoms with van der Waals surface area (Å²) in [4.78, 5) is 28.3. The lowest BCUT2D eigenvalue weighted by molar-refractivity contribution is -0.141. The fraction of sp³-hybridized carbons (Fsp3) is 0.636. The summed E-state index contributed by atoms with van der Waals surface area (Å²) in [5.41, 5.74) is -0.289. The Hall–Kier alpha value is -1.53. The molecule has 1 saturated carbocycles. The van der Waals surface area contributed by atoms with Crippen molar-refractivity contribution in [3.05, 3.63) is 30.3 Å². The van der Waals surface area contributed by atoms with Crippen molar-refractivity contribution in [1.29, 1.82) is 0 Å². The molecular weight excluding hydrogens is 374 g/mol. The Labute approximate surface area is 171 Å². The Bertz CT molecular complexity index is 717. The van der Waals surface area contributed by atoms with Crippen molar-refractivity contribution in [3.63, 3.8) is 0 Å². The number of hydrogen-bond acceptors (Lipinski definition) is 5. The van der Waals surface area contributed by atoms with Crippen LogP contribution in [0.5, 0.6) is 0 Å². The van der Waals surface area contributed by atoms with Gasteiger partial charge in [-0.1, -0.05) is 52.8 Å². The SMILES string of the molecule is C[C@@H]1[C@@H](Sc2ccccc2)[C@H](C(=O)N2C(=O)OC[C@H]2C(C)(C)C)[C@H](O)C[C@H]1C. The highest BCUT2D eigenvalue weighted by atomic mass is 32.2. The van der Waals surface area contributed by atoms with Crippen LogP contribution in [0.2, 0.25) is 0 Å². The number of hydrogen-bond donors (Lipinski definition) is 1. The first-order chi connectivity index (χ1) is 13.1. The number of aliphatic hydroxyl groups excluding tert-OH is 1. The molecule has 1 aromatic carbocycles. The first-order valence-electron chi connectivity index (χ1n) is 10.0. The second-order valence-electron chi connectivity index (χ2n) is 9.23. The third-order valence-corrected chi connectivity index (χ3v) is 7.75. The zero-order valence-corrected chi connectivity index (χ0v) is 18.1. The van der Waals surface area contributed by atoms with E-state index in [4.69, 9.17) is 4.74 Å². The van der Waals surface area contributed by atoms with Crippen molar-refractivity contribution >= 4 is 23.8 Å². The number of amides is 2. The number of aliphatic hydroxyl groups is 1. The van der Waals surface area contributed by atoms with Crippen LogP contribution < -0.4 is 0 Å². The highest BCUT2D eigenvalue weighted by Gasteiger charge is 2.52. The van der Waals surface area contributed by atoms with Crippen molar-refractivity contribution in [2.45, 2.75) is 63.3 Å². The van der Waals surface area contributed by atoms with Crippen LogP contribution in [-0.2, 0) is 9.53 Å². The van der Waals surface area contributed by atoms with Crippen LogP contribution in [0.25, 0.3) is 0 Å². The molecule has 5 nitrogen and oxygen atoms in total. The van der Waals surface area contributed by atoms with Crippen LogP contribution in [0.4, 0.5) is 4.79 Å². The number of benzene rings is 1. The minimum Gasteiger partial charge on any atom is -0.447 e. The average molecular weight is 406 g/mol. The predicted octanol–water partition coefficient (Wildman–Crippen LogP) is 4.19. The second-order valence-corrected chi connectivity index (χ2v) is 10.5. The predicted molar refractivity (Wildman–Crippen MR) is 110 cm³/mol. The summed E-state index contributed by atoms with van der Waals surface area (Å²) in [5, 5.41) is 10.8. The highest BCUT2D eigenvalue weighted by molar-refractivity contribution is 8.00. The van der Waals surface area contributed by atoms with Gasteiger partial charge < -0.3 is 9.84 Å². The molecule has 0 radical (unpaired) electrons. The van der Waals surface area contributed by atoms with Crippen LogP contribution in [-0.4, -0.2) is 46.0 Å². The Kier molecular flexibility index (Phi) is 6.11. The third-order valence-electron chi connectivity index (χ3n) is 6.21. The first-order valence-corrected chi connectivity index (χ1v) is 10.9. The monoisotopic (exact) mass is 405 g/mol. The molecule has 1 aromatic rings. The lowest BCUT2D eigenvalue weighted by Gasteiger charge is -2.44. The zero-order chi connectivity index (χ0) is 20.6. The minimum atomic E-state index is -0.770. The Morgan fingerprint density at radius 2 is 1.86 bits per heavy atom. The van der Waals surface area contributed by atoms with E-state index in [1.165, 1.54) is 4.90 Å². The fourth-order valence-corrected chi connectivity index (χ4v) is 5.77. The van der Waals surface area contributed by atoms with E-state index in [-0.39, 0.29) is 35.1 Å². The molecule has 6 heteroatoms. The second kappa shape index (κ2) is 8.07. The molecule has 3 rings (SSSR count). The number of ether oxygens (including phenoxy) is 1. The van der Waals surface area contributed by atoms with E-state index in [2.05, 4.69) is 13.8 Å². The summed E-state index contributed by atoms with van der Waals surface area (Å²) in [6, 6.07) is 9.62. The van der Waals surface area contributed by atoms with E-state index in [9.17, 15) is 14.7 Å². The van der Waals surface area contributed by atoms with Gasteiger partial charge in [0.15, 0.2) is 0 Å². The topological polar surface area (TPSA) is 66.8 Å². The quantitative estimate of drug-likeness (QED) is 0.817. The summed E-state index contributed by atoms with van der Waals surface area (Å²) < 4.78 is 5.23.